The van der Waals surface area contributed by atoms with Gasteiger partial charge in [0.1, 0.15) is 18.1 Å². The van der Waals surface area contributed by atoms with Crippen molar-refractivity contribution in [2.45, 2.75) is 20.0 Å². The zero-order chi connectivity index (χ0) is 20.7. The number of benzene rings is 2. The molecule has 0 spiro atoms. The molecular weight excluding hydrogens is 380 g/mol. The van der Waals surface area contributed by atoms with Gasteiger partial charge in [0.05, 0.1) is 18.5 Å². The van der Waals surface area contributed by atoms with E-state index in [1.807, 2.05) is 31.2 Å². The smallest absolute Gasteiger partial charge is 0.260 e. The maximum absolute atomic E-state index is 12.1. The van der Waals surface area contributed by atoms with E-state index in [1.54, 1.807) is 31.2 Å². The Hall–Kier alpha value is -2.74. The minimum absolute atomic E-state index is 0.259. The minimum Gasteiger partial charge on any atom is -0.492 e. The highest BCUT2D eigenvalue weighted by Gasteiger charge is 2.15. The molecule has 1 atom stereocenters. The topological polar surface area (TPSA) is 84.9 Å². The van der Waals surface area contributed by atoms with E-state index < -0.39 is 16.1 Å². The zero-order valence-corrected chi connectivity index (χ0v) is 17.3. The van der Waals surface area contributed by atoms with Gasteiger partial charge in [-0.15, -0.1) is 0 Å². The molecule has 0 aliphatic carbocycles. The molecule has 2 aromatic carbocycles. The predicted molar refractivity (Wildman–Crippen MR) is 109 cm³/mol. The summed E-state index contributed by atoms with van der Waals surface area (Å²) in [5.74, 6) is 0.979. The molecule has 1 amide bonds. The Morgan fingerprint density at radius 2 is 1.82 bits per heavy atom. The van der Waals surface area contributed by atoms with Gasteiger partial charge in [0.2, 0.25) is 10.0 Å². The third kappa shape index (κ3) is 6.45. The Kier molecular flexibility index (Phi) is 7.28. The molecule has 0 aliphatic heterocycles. The van der Waals surface area contributed by atoms with Crippen LogP contribution in [0.4, 0.5) is 5.69 Å². The number of amides is 1. The number of ether oxygens (including phenoxy) is 2. The van der Waals surface area contributed by atoms with Gasteiger partial charge in [-0.2, -0.15) is 0 Å². The van der Waals surface area contributed by atoms with Crippen molar-refractivity contribution in [2.24, 2.45) is 0 Å². The molecule has 0 fully saturated rings. The summed E-state index contributed by atoms with van der Waals surface area (Å²) in [4.78, 5) is 12.1. The molecule has 0 saturated carbocycles. The van der Waals surface area contributed by atoms with Crippen LogP contribution in [-0.4, -0.2) is 46.9 Å². The highest BCUT2D eigenvalue weighted by atomic mass is 32.2. The molecule has 2 aromatic rings. The van der Waals surface area contributed by atoms with Crippen LogP contribution >= 0.6 is 0 Å². The molecule has 0 bridgehead atoms. The number of carbonyl (C=O) groups is 1. The van der Waals surface area contributed by atoms with E-state index in [1.165, 1.54) is 11.4 Å². The quantitative estimate of drug-likeness (QED) is 0.646. The number of nitrogens with one attached hydrogen (secondary N) is 1. The average molecular weight is 407 g/mol. The summed E-state index contributed by atoms with van der Waals surface area (Å²) in [6.45, 7) is 4.35. The number of sulfonamides is 1. The van der Waals surface area contributed by atoms with Gasteiger partial charge < -0.3 is 14.8 Å². The van der Waals surface area contributed by atoms with Crippen LogP contribution in [0.15, 0.2) is 48.5 Å². The second-order valence-electron chi connectivity index (χ2n) is 6.44. The fourth-order valence-corrected chi connectivity index (χ4v) is 2.88. The van der Waals surface area contributed by atoms with Gasteiger partial charge in [-0.05, 0) is 55.8 Å². The first-order valence-corrected chi connectivity index (χ1v) is 10.7. The van der Waals surface area contributed by atoms with Gasteiger partial charge in [0.15, 0.2) is 6.10 Å². The Morgan fingerprint density at radius 3 is 2.43 bits per heavy atom. The summed E-state index contributed by atoms with van der Waals surface area (Å²) in [6, 6.07) is 14.2. The number of rotatable bonds is 9. The number of aryl methyl sites for hydroxylation is 1. The van der Waals surface area contributed by atoms with Crippen molar-refractivity contribution in [2.75, 3.05) is 30.8 Å². The first-order valence-electron chi connectivity index (χ1n) is 8.84. The molecule has 28 heavy (non-hydrogen) atoms. The third-order valence-corrected chi connectivity index (χ3v) is 5.25. The summed E-state index contributed by atoms with van der Waals surface area (Å²) in [7, 11) is -1.85. The molecule has 0 unspecified atom stereocenters. The van der Waals surface area contributed by atoms with Crippen LogP contribution in [0, 0.1) is 6.92 Å². The van der Waals surface area contributed by atoms with Crippen molar-refractivity contribution in [1.82, 2.24) is 5.32 Å². The minimum atomic E-state index is -3.32. The standard InChI is InChI=1S/C20H26N2O5S/c1-15-6-5-7-19(14-15)26-13-12-21-20(23)16(2)27-18-10-8-17(9-11-18)22(3)28(4,24)25/h5-11,14,16H,12-13H2,1-4H3,(H,21,23)/t16-/m1/s1. The monoisotopic (exact) mass is 406 g/mol. The summed E-state index contributed by atoms with van der Waals surface area (Å²) < 4.78 is 35.5. The van der Waals surface area contributed by atoms with Gasteiger partial charge >= 0.3 is 0 Å². The van der Waals surface area contributed by atoms with Crippen LogP contribution in [0.1, 0.15) is 12.5 Å². The number of carbonyl (C=O) groups excluding carboxylic acids is 1. The Bertz CT molecular complexity index is 897. The highest BCUT2D eigenvalue weighted by Crippen LogP contribution is 2.21. The van der Waals surface area contributed by atoms with E-state index in [2.05, 4.69) is 5.32 Å². The first-order chi connectivity index (χ1) is 13.2. The summed E-state index contributed by atoms with van der Waals surface area (Å²) in [5, 5.41) is 2.76. The molecule has 1 N–H and O–H groups in total. The third-order valence-electron chi connectivity index (χ3n) is 4.04. The van der Waals surface area contributed by atoms with E-state index >= 15 is 0 Å². The first kappa shape index (κ1) is 21.6. The van der Waals surface area contributed by atoms with Gasteiger partial charge in [-0.25, -0.2) is 8.42 Å². The maximum Gasteiger partial charge on any atom is 0.260 e. The van der Waals surface area contributed by atoms with E-state index in [-0.39, 0.29) is 5.91 Å². The molecular formula is C20H26N2O5S. The van der Waals surface area contributed by atoms with E-state index in [4.69, 9.17) is 9.47 Å². The van der Waals surface area contributed by atoms with E-state index in [0.717, 1.165) is 17.6 Å². The fourth-order valence-electron chi connectivity index (χ4n) is 2.38. The van der Waals surface area contributed by atoms with Crippen LogP contribution in [0.2, 0.25) is 0 Å². The van der Waals surface area contributed by atoms with Gasteiger partial charge in [-0.1, -0.05) is 12.1 Å². The summed E-state index contributed by atoms with van der Waals surface area (Å²) in [6.07, 6.45) is 0.435. The second kappa shape index (κ2) is 9.45. The SMILES string of the molecule is Cc1cccc(OCCNC(=O)[C@@H](C)Oc2ccc(N(C)S(C)(=O)=O)cc2)c1. The van der Waals surface area contributed by atoms with E-state index in [9.17, 15) is 13.2 Å². The van der Waals surface area contributed by atoms with Crippen molar-refractivity contribution in [1.29, 1.82) is 0 Å². The second-order valence-corrected chi connectivity index (χ2v) is 8.45. The lowest BCUT2D eigenvalue weighted by Crippen LogP contribution is -2.38. The molecule has 8 heteroatoms. The molecule has 152 valence electrons. The normalized spacial score (nSPS) is 12.1. The molecule has 0 saturated heterocycles. The lowest BCUT2D eigenvalue weighted by Gasteiger charge is -2.18. The molecule has 7 nitrogen and oxygen atoms in total. The van der Waals surface area contributed by atoms with Gasteiger partial charge in [-0.3, -0.25) is 9.10 Å². The predicted octanol–water partition coefficient (Wildman–Crippen LogP) is 2.35. The van der Waals surface area contributed by atoms with Crippen molar-refractivity contribution < 1.29 is 22.7 Å². The average Bonchev–Trinajstić information content (AvgIpc) is 2.64. The van der Waals surface area contributed by atoms with Crippen LogP contribution in [0.3, 0.4) is 0 Å². The lowest BCUT2D eigenvalue weighted by atomic mass is 10.2. The van der Waals surface area contributed by atoms with Crippen molar-refractivity contribution in [3.63, 3.8) is 0 Å². The Labute approximate surface area is 166 Å². The molecule has 0 heterocycles. The van der Waals surface area contributed by atoms with Crippen molar-refractivity contribution in [3.8, 4) is 11.5 Å². The largest absolute Gasteiger partial charge is 0.492 e. The fraction of sp³-hybridized carbons (Fsp3) is 0.350. The summed E-state index contributed by atoms with van der Waals surface area (Å²) in [5.41, 5.74) is 1.62. The number of nitrogens with zero attached hydrogens (tertiary/aromatic N) is 1. The van der Waals surface area contributed by atoms with Gasteiger partial charge in [0.25, 0.3) is 5.91 Å². The van der Waals surface area contributed by atoms with Gasteiger partial charge in [0, 0.05) is 7.05 Å². The lowest BCUT2D eigenvalue weighted by molar-refractivity contribution is -0.127. The summed E-state index contributed by atoms with van der Waals surface area (Å²) >= 11 is 0. The van der Waals surface area contributed by atoms with Crippen LogP contribution in [0.25, 0.3) is 0 Å². The Morgan fingerprint density at radius 1 is 1.14 bits per heavy atom. The van der Waals surface area contributed by atoms with Crippen LogP contribution in [0.5, 0.6) is 11.5 Å². The van der Waals surface area contributed by atoms with E-state index in [0.29, 0.717) is 24.6 Å². The van der Waals surface area contributed by atoms with Crippen LogP contribution < -0.4 is 19.1 Å². The zero-order valence-electron chi connectivity index (χ0n) is 16.5. The maximum atomic E-state index is 12.1. The number of hydrogen-bond donors (Lipinski definition) is 1. The molecule has 0 aliphatic rings. The van der Waals surface area contributed by atoms with Crippen molar-refractivity contribution in [3.05, 3.63) is 54.1 Å². The number of hydrogen-bond acceptors (Lipinski definition) is 5. The molecule has 0 aromatic heterocycles. The van der Waals surface area contributed by atoms with Crippen LogP contribution in [-0.2, 0) is 14.8 Å². The molecule has 0 radical (unpaired) electrons. The highest BCUT2D eigenvalue weighted by molar-refractivity contribution is 7.92. The van der Waals surface area contributed by atoms with Crippen molar-refractivity contribution >= 4 is 21.6 Å². The number of anilines is 1. The Balaban J connectivity index is 1.78. The molecule has 2 rings (SSSR count).